The van der Waals surface area contributed by atoms with E-state index in [2.05, 4.69) is 15.9 Å². The maximum atomic E-state index is 12.9. The first kappa shape index (κ1) is 21.0. The molecule has 26 heavy (non-hydrogen) atoms. The maximum Gasteiger partial charge on any atom is 0.471 e. The third kappa shape index (κ3) is 4.68. The number of anilines is 1. The van der Waals surface area contributed by atoms with E-state index in [0.717, 1.165) is 8.78 Å². The Labute approximate surface area is 158 Å². The lowest BCUT2D eigenvalue weighted by Crippen LogP contribution is -2.56. The Morgan fingerprint density at radius 2 is 1.69 bits per heavy atom. The molecule has 2 rings (SSSR count). The Kier molecular flexibility index (Phi) is 6.56. The monoisotopic (exact) mass is 457 g/mol. The molecule has 0 spiro atoms. The zero-order valence-corrected chi connectivity index (χ0v) is 16.4. The van der Waals surface area contributed by atoms with Gasteiger partial charge in [0.05, 0.1) is 5.69 Å². The highest BCUT2D eigenvalue weighted by Gasteiger charge is 2.44. The predicted molar refractivity (Wildman–Crippen MR) is 94.9 cm³/mol. The van der Waals surface area contributed by atoms with Crippen molar-refractivity contribution in [3.63, 3.8) is 0 Å². The number of hydrogen-bond acceptors (Lipinski definition) is 3. The van der Waals surface area contributed by atoms with Crippen LogP contribution in [0, 0.1) is 0 Å². The highest BCUT2D eigenvalue weighted by Crippen LogP contribution is 2.25. The lowest BCUT2D eigenvalue weighted by atomic mass is 10.3. The van der Waals surface area contributed by atoms with Crippen LogP contribution in [0.1, 0.15) is 13.3 Å². The van der Waals surface area contributed by atoms with Crippen molar-refractivity contribution in [1.82, 2.24) is 9.21 Å². The average molecular weight is 458 g/mol. The molecule has 0 unspecified atom stereocenters. The van der Waals surface area contributed by atoms with Crippen LogP contribution in [-0.4, -0.2) is 62.4 Å². The van der Waals surface area contributed by atoms with Crippen LogP contribution in [0.5, 0.6) is 0 Å². The minimum atomic E-state index is -4.95. The zero-order chi connectivity index (χ0) is 19.5. The van der Waals surface area contributed by atoms with Gasteiger partial charge >= 0.3 is 22.3 Å². The number of amides is 1. The van der Waals surface area contributed by atoms with Gasteiger partial charge in [-0.25, -0.2) is 0 Å². The fourth-order valence-corrected chi connectivity index (χ4v) is 4.60. The largest absolute Gasteiger partial charge is 0.471 e. The summed E-state index contributed by atoms with van der Waals surface area (Å²) in [7, 11) is -3.90. The smallest absolute Gasteiger partial charge is 0.332 e. The van der Waals surface area contributed by atoms with Gasteiger partial charge in [-0.05, 0) is 30.7 Å². The molecule has 1 amide bonds. The number of carbonyl (C=O) groups excluding carboxylic acids is 1. The number of carbonyl (C=O) groups is 1. The number of benzene rings is 1. The highest BCUT2D eigenvalue weighted by atomic mass is 79.9. The summed E-state index contributed by atoms with van der Waals surface area (Å²) in [6, 6.07) is 6.74. The van der Waals surface area contributed by atoms with Crippen LogP contribution in [0.15, 0.2) is 28.7 Å². The predicted octanol–water partition coefficient (Wildman–Crippen LogP) is 2.62. The molecule has 0 saturated carbocycles. The molecule has 1 aliphatic heterocycles. The van der Waals surface area contributed by atoms with Gasteiger partial charge in [-0.1, -0.05) is 22.9 Å². The third-order valence-electron chi connectivity index (χ3n) is 3.91. The minimum absolute atomic E-state index is 0.180. The third-order valence-corrected chi connectivity index (χ3v) is 6.41. The van der Waals surface area contributed by atoms with Gasteiger partial charge in [0.2, 0.25) is 0 Å². The van der Waals surface area contributed by atoms with E-state index in [1.54, 1.807) is 24.3 Å². The Morgan fingerprint density at radius 1 is 1.15 bits per heavy atom. The van der Waals surface area contributed by atoms with Gasteiger partial charge in [0.1, 0.15) is 0 Å². The van der Waals surface area contributed by atoms with Crippen molar-refractivity contribution in [3.05, 3.63) is 28.7 Å². The number of nitrogens with zero attached hydrogens (tertiary/aromatic N) is 3. The van der Waals surface area contributed by atoms with Crippen LogP contribution in [-0.2, 0) is 15.0 Å². The minimum Gasteiger partial charge on any atom is -0.332 e. The molecular weight excluding hydrogens is 439 g/mol. The molecule has 1 aromatic rings. The maximum absolute atomic E-state index is 12.9. The van der Waals surface area contributed by atoms with E-state index in [1.807, 2.05) is 6.92 Å². The van der Waals surface area contributed by atoms with E-state index in [9.17, 15) is 26.4 Å². The van der Waals surface area contributed by atoms with E-state index in [4.69, 9.17) is 0 Å². The molecule has 1 aromatic carbocycles. The van der Waals surface area contributed by atoms with E-state index >= 15 is 0 Å². The van der Waals surface area contributed by atoms with Gasteiger partial charge in [-0.15, -0.1) is 0 Å². The molecule has 0 atom stereocenters. The first-order valence-electron chi connectivity index (χ1n) is 7.97. The molecule has 0 radical (unpaired) electrons. The normalized spacial score (nSPS) is 16.6. The van der Waals surface area contributed by atoms with E-state index in [0.29, 0.717) is 17.0 Å². The number of piperazine rings is 1. The molecule has 1 fully saturated rings. The van der Waals surface area contributed by atoms with Crippen LogP contribution < -0.4 is 4.31 Å². The quantitative estimate of drug-likeness (QED) is 0.682. The van der Waals surface area contributed by atoms with Crippen LogP contribution in [0.25, 0.3) is 0 Å². The summed E-state index contributed by atoms with van der Waals surface area (Å²) in [6.45, 7) is 1.13. The number of rotatable bonds is 5. The number of alkyl halides is 3. The van der Waals surface area contributed by atoms with Crippen LogP contribution >= 0.6 is 15.9 Å². The molecule has 0 aliphatic carbocycles. The van der Waals surface area contributed by atoms with Gasteiger partial charge in [0.25, 0.3) is 0 Å². The second-order valence-corrected chi connectivity index (χ2v) is 8.51. The van der Waals surface area contributed by atoms with Crippen molar-refractivity contribution < 1.29 is 26.4 Å². The lowest BCUT2D eigenvalue weighted by molar-refractivity contribution is -0.186. The first-order valence-corrected chi connectivity index (χ1v) is 10.2. The summed E-state index contributed by atoms with van der Waals surface area (Å²) in [6.07, 6.45) is -4.38. The Balaban J connectivity index is 2.15. The number of halogens is 4. The standard InChI is InChI=1S/C15H19BrF3N3O3S/c1-2-7-22(13-5-3-12(16)4-6-13)26(24,25)21-10-8-20(9-11-21)14(23)15(17,18)19/h3-6H,2,7-11H2,1H3. The molecule has 1 heterocycles. The summed E-state index contributed by atoms with van der Waals surface area (Å²) in [5.41, 5.74) is 0.476. The second-order valence-electron chi connectivity index (χ2n) is 5.75. The summed E-state index contributed by atoms with van der Waals surface area (Å²) in [5, 5.41) is 0. The van der Waals surface area contributed by atoms with Gasteiger partial charge in [-0.3, -0.25) is 9.10 Å². The van der Waals surface area contributed by atoms with E-state index in [1.165, 1.54) is 4.31 Å². The Hall–Kier alpha value is -1.33. The zero-order valence-electron chi connectivity index (χ0n) is 14.0. The van der Waals surface area contributed by atoms with Crippen molar-refractivity contribution >= 4 is 37.7 Å². The summed E-state index contributed by atoms with van der Waals surface area (Å²) >= 11 is 3.29. The van der Waals surface area contributed by atoms with Crippen molar-refractivity contribution in [2.45, 2.75) is 19.5 Å². The SMILES string of the molecule is CCCN(c1ccc(Br)cc1)S(=O)(=O)N1CCN(C(=O)C(F)(F)F)CC1. The van der Waals surface area contributed by atoms with Crippen LogP contribution in [0.2, 0.25) is 0 Å². The average Bonchev–Trinajstić information content (AvgIpc) is 2.59. The van der Waals surface area contributed by atoms with Gasteiger partial charge < -0.3 is 4.90 Å². The van der Waals surface area contributed by atoms with Gasteiger partial charge in [-0.2, -0.15) is 25.9 Å². The molecule has 11 heteroatoms. The van der Waals surface area contributed by atoms with Gasteiger partial charge in [0, 0.05) is 37.2 Å². The molecular formula is C15H19BrF3N3O3S. The fraction of sp³-hybridized carbons (Fsp3) is 0.533. The van der Waals surface area contributed by atoms with Crippen molar-refractivity contribution in [2.24, 2.45) is 0 Å². The highest BCUT2D eigenvalue weighted by molar-refractivity contribution is 9.10. The van der Waals surface area contributed by atoms with E-state index < -0.39 is 22.3 Å². The van der Waals surface area contributed by atoms with Crippen LogP contribution in [0.3, 0.4) is 0 Å². The summed E-state index contributed by atoms with van der Waals surface area (Å²) in [5.74, 6) is -1.94. The Bertz CT molecular complexity index is 733. The van der Waals surface area contributed by atoms with Crippen molar-refractivity contribution in [2.75, 3.05) is 37.0 Å². The van der Waals surface area contributed by atoms with Crippen molar-refractivity contribution in [1.29, 1.82) is 0 Å². The lowest BCUT2D eigenvalue weighted by Gasteiger charge is -2.37. The Morgan fingerprint density at radius 3 is 2.15 bits per heavy atom. The molecule has 6 nitrogen and oxygen atoms in total. The summed E-state index contributed by atoms with van der Waals surface area (Å²) < 4.78 is 66.6. The molecule has 0 aromatic heterocycles. The number of hydrogen-bond donors (Lipinski definition) is 0. The first-order chi connectivity index (χ1) is 12.1. The molecule has 146 valence electrons. The second kappa shape index (κ2) is 8.13. The van der Waals surface area contributed by atoms with E-state index in [-0.39, 0.29) is 32.7 Å². The van der Waals surface area contributed by atoms with Crippen molar-refractivity contribution in [3.8, 4) is 0 Å². The van der Waals surface area contributed by atoms with Gasteiger partial charge in [0.15, 0.2) is 0 Å². The molecule has 0 N–H and O–H groups in total. The van der Waals surface area contributed by atoms with Crippen LogP contribution in [0.4, 0.5) is 18.9 Å². The molecule has 0 bridgehead atoms. The fourth-order valence-electron chi connectivity index (χ4n) is 2.63. The molecule has 1 saturated heterocycles. The topological polar surface area (TPSA) is 60.9 Å². The molecule has 1 aliphatic rings. The summed E-state index contributed by atoms with van der Waals surface area (Å²) in [4.78, 5) is 11.9.